The second-order valence-corrected chi connectivity index (χ2v) is 3.53. The van der Waals surface area contributed by atoms with Crippen molar-refractivity contribution in [3.63, 3.8) is 0 Å². The SMILES string of the molecule is F[CH]C(F)(F)C(F)(F)C(F)(F)C(F)(F)C(F)(F)C(F)(F)F. The van der Waals surface area contributed by atoms with Crippen LogP contribution in [0.15, 0.2) is 0 Å². The minimum atomic E-state index is -7.99. The molecule has 0 saturated carbocycles. The molecule has 0 aliphatic heterocycles. The van der Waals surface area contributed by atoms with E-state index < -0.39 is 42.5 Å². The normalized spacial score (nSPS) is 16.3. The molecule has 0 N–H and O–H groups in total. The number of halogens is 14. The van der Waals surface area contributed by atoms with E-state index in [0.717, 1.165) is 0 Å². The van der Waals surface area contributed by atoms with Gasteiger partial charge in [0.2, 0.25) is 6.67 Å². The Morgan fingerprint density at radius 3 is 0.952 bits per heavy atom. The molecule has 14 heteroatoms. The van der Waals surface area contributed by atoms with Gasteiger partial charge in [0, 0.05) is 0 Å². The van der Waals surface area contributed by atoms with E-state index in [1.807, 2.05) is 0 Å². The summed E-state index contributed by atoms with van der Waals surface area (Å²) in [5, 5.41) is 0. The highest BCUT2D eigenvalue weighted by Gasteiger charge is 2.90. The van der Waals surface area contributed by atoms with Crippen molar-refractivity contribution in [2.45, 2.75) is 35.8 Å². The van der Waals surface area contributed by atoms with Crippen LogP contribution < -0.4 is 0 Å². The van der Waals surface area contributed by atoms with Crippen molar-refractivity contribution in [3.05, 3.63) is 6.67 Å². The Balaban J connectivity index is 6.14. The van der Waals surface area contributed by atoms with Crippen LogP contribution in [0.5, 0.6) is 0 Å². The molecular weight excluding hydrogens is 350 g/mol. The molecular formula is C7HF14. The molecule has 0 saturated heterocycles. The second kappa shape index (κ2) is 4.76. The van der Waals surface area contributed by atoms with Crippen LogP contribution >= 0.6 is 0 Å². The van der Waals surface area contributed by atoms with Crippen molar-refractivity contribution in [2.24, 2.45) is 0 Å². The van der Waals surface area contributed by atoms with Gasteiger partial charge in [0.25, 0.3) is 0 Å². The fourth-order valence-corrected chi connectivity index (χ4v) is 0.850. The summed E-state index contributed by atoms with van der Waals surface area (Å²) in [4.78, 5) is 0. The van der Waals surface area contributed by atoms with Crippen LogP contribution in [0.25, 0.3) is 0 Å². The fraction of sp³-hybridized carbons (Fsp3) is 0.857. The number of alkyl halides is 13. The van der Waals surface area contributed by atoms with Gasteiger partial charge in [-0.3, -0.25) is 0 Å². The molecule has 0 amide bonds. The van der Waals surface area contributed by atoms with Crippen molar-refractivity contribution in [3.8, 4) is 0 Å². The van der Waals surface area contributed by atoms with Crippen molar-refractivity contribution in [1.29, 1.82) is 0 Å². The first-order chi connectivity index (χ1) is 8.81. The smallest absolute Gasteiger partial charge is 0.237 e. The highest BCUT2D eigenvalue weighted by molar-refractivity contribution is 5.11. The Bertz CT molecular complexity index is 375. The maximum Gasteiger partial charge on any atom is 0.460 e. The summed E-state index contributed by atoms with van der Waals surface area (Å²) >= 11 is 0. The van der Waals surface area contributed by atoms with Crippen LogP contribution in [0.2, 0.25) is 0 Å². The zero-order valence-corrected chi connectivity index (χ0v) is 8.87. The number of hydrogen-bond donors (Lipinski definition) is 0. The lowest BCUT2D eigenvalue weighted by molar-refractivity contribution is -0.438. The average molecular weight is 351 g/mol. The molecule has 0 heterocycles. The maximum absolute atomic E-state index is 12.5. The molecule has 0 aliphatic carbocycles. The lowest BCUT2D eigenvalue weighted by Crippen LogP contribution is -2.70. The molecule has 1 radical (unpaired) electrons. The molecule has 0 spiro atoms. The average Bonchev–Trinajstić information content (AvgIpc) is 2.26. The van der Waals surface area contributed by atoms with Gasteiger partial charge in [-0.05, 0) is 0 Å². The lowest BCUT2D eigenvalue weighted by atomic mass is 9.94. The third-order valence-corrected chi connectivity index (χ3v) is 2.09. The predicted octanol–water partition coefficient (Wildman–Crippen LogP) is 4.86. The molecule has 0 fully saturated rings. The van der Waals surface area contributed by atoms with Gasteiger partial charge in [-0.15, -0.1) is 0 Å². The standard InChI is InChI=1S/C7HF14/c8-1-2(9,10)3(11,12)4(13,14)5(15,16)6(17,18)7(19,20)21/h1H. The minimum absolute atomic E-state index is 2.54. The molecule has 0 aromatic heterocycles. The van der Waals surface area contributed by atoms with Gasteiger partial charge in [0.1, 0.15) is 0 Å². The van der Waals surface area contributed by atoms with Crippen LogP contribution in [0.4, 0.5) is 61.5 Å². The third-order valence-electron chi connectivity index (χ3n) is 2.09. The quantitative estimate of drug-likeness (QED) is 0.621. The van der Waals surface area contributed by atoms with E-state index in [2.05, 4.69) is 0 Å². The van der Waals surface area contributed by atoms with Crippen LogP contribution in [0, 0.1) is 6.67 Å². The van der Waals surface area contributed by atoms with E-state index in [1.165, 1.54) is 0 Å². The molecule has 0 unspecified atom stereocenters. The summed E-state index contributed by atoms with van der Waals surface area (Å²) < 4.78 is 170. The van der Waals surface area contributed by atoms with Gasteiger partial charge in [0.05, 0.1) is 0 Å². The van der Waals surface area contributed by atoms with Crippen LogP contribution in [-0.2, 0) is 0 Å². The van der Waals surface area contributed by atoms with Crippen molar-refractivity contribution < 1.29 is 61.5 Å². The Labute approximate surface area is 105 Å². The molecule has 127 valence electrons. The van der Waals surface area contributed by atoms with Gasteiger partial charge in [-0.2, -0.15) is 57.1 Å². The van der Waals surface area contributed by atoms with Gasteiger partial charge in [-0.25, -0.2) is 4.39 Å². The highest BCUT2D eigenvalue weighted by Crippen LogP contribution is 2.60. The summed E-state index contributed by atoms with van der Waals surface area (Å²) in [5.74, 6) is -38.0. The molecule has 0 atom stereocenters. The van der Waals surface area contributed by atoms with Crippen molar-refractivity contribution >= 4 is 0 Å². The Morgan fingerprint density at radius 1 is 0.429 bits per heavy atom. The van der Waals surface area contributed by atoms with Crippen LogP contribution in [0.3, 0.4) is 0 Å². The first-order valence-corrected chi connectivity index (χ1v) is 4.21. The maximum atomic E-state index is 12.5. The van der Waals surface area contributed by atoms with Crippen molar-refractivity contribution in [1.82, 2.24) is 0 Å². The topological polar surface area (TPSA) is 0 Å². The minimum Gasteiger partial charge on any atom is -0.237 e. The summed E-state index contributed by atoms with van der Waals surface area (Å²) in [7, 11) is 0. The van der Waals surface area contributed by atoms with Gasteiger partial charge < -0.3 is 0 Å². The highest BCUT2D eigenvalue weighted by atomic mass is 19.4. The van der Waals surface area contributed by atoms with Gasteiger partial charge >= 0.3 is 35.8 Å². The second-order valence-electron chi connectivity index (χ2n) is 3.53. The zero-order valence-electron chi connectivity index (χ0n) is 8.87. The van der Waals surface area contributed by atoms with E-state index in [4.69, 9.17) is 0 Å². The first-order valence-electron chi connectivity index (χ1n) is 4.21. The summed E-state index contributed by atoms with van der Waals surface area (Å²) in [6, 6.07) is 0. The molecule has 0 rings (SSSR count). The monoisotopic (exact) mass is 351 g/mol. The summed E-state index contributed by atoms with van der Waals surface area (Å²) in [5.41, 5.74) is 0. The van der Waals surface area contributed by atoms with Gasteiger partial charge in [0.15, 0.2) is 0 Å². The fourth-order valence-electron chi connectivity index (χ4n) is 0.850. The van der Waals surface area contributed by atoms with E-state index >= 15 is 0 Å². The number of rotatable bonds is 5. The Kier molecular flexibility index (Phi) is 4.54. The first kappa shape index (κ1) is 20.0. The summed E-state index contributed by atoms with van der Waals surface area (Å²) in [6.45, 7) is -2.54. The summed E-state index contributed by atoms with van der Waals surface area (Å²) in [6.07, 6.45) is -7.47. The molecule has 0 bridgehead atoms. The molecule has 21 heavy (non-hydrogen) atoms. The largest absolute Gasteiger partial charge is 0.460 e. The van der Waals surface area contributed by atoms with E-state index in [1.54, 1.807) is 0 Å². The van der Waals surface area contributed by atoms with Crippen LogP contribution in [0.1, 0.15) is 0 Å². The van der Waals surface area contributed by atoms with Crippen molar-refractivity contribution in [2.75, 3.05) is 0 Å². The van der Waals surface area contributed by atoms with E-state index in [0.29, 0.717) is 0 Å². The molecule has 0 aliphatic rings. The zero-order chi connectivity index (χ0) is 17.7. The third kappa shape index (κ3) is 2.49. The molecule has 0 nitrogen and oxygen atoms in total. The molecule has 0 aromatic rings. The Morgan fingerprint density at radius 2 is 0.714 bits per heavy atom. The lowest BCUT2D eigenvalue weighted by Gasteiger charge is -2.38. The van der Waals surface area contributed by atoms with Crippen LogP contribution in [-0.4, -0.2) is 35.8 Å². The van der Waals surface area contributed by atoms with E-state index in [9.17, 15) is 61.5 Å². The van der Waals surface area contributed by atoms with Gasteiger partial charge in [-0.1, -0.05) is 0 Å². The number of hydrogen-bond acceptors (Lipinski definition) is 0. The molecule has 0 aromatic carbocycles. The Hall–Kier alpha value is -0.980. The predicted molar refractivity (Wildman–Crippen MR) is 36.2 cm³/mol. The van der Waals surface area contributed by atoms with E-state index in [-0.39, 0.29) is 0 Å².